The first kappa shape index (κ1) is 16.4. The number of aromatic nitrogens is 3. The van der Waals surface area contributed by atoms with Crippen LogP contribution in [0, 0.1) is 12.8 Å². The lowest BCUT2D eigenvalue weighted by atomic mass is 9.97. The zero-order valence-corrected chi connectivity index (χ0v) is 14.3. The molecule has 0 aliphatic heterocycles. The Balaban J connectivity index is 1.81. The van der Waals surface area contributed by atoms with Gasteiger partial charge in [0, 0.05) is 19.4 Å². The van der Waals surface area contributed by atoms with Crippen molar-refractivity contribution in [2.45, 2.75) is 45.6 Å². The Morgan fingerprint density at radius 1 is 1.33 bits per heavy atom. The highest BCUT2D eigenvalue weighted by Gasteiger charge is 2.31. The van der Waals surface area contributed by atoms with Crippen LogP contribution in [0.25, 0.3) is 11.0 Å². The van der Waals surface area contributed by atoms with Crippen molar-refractivity contribution in [1.29, 1.82) is 0 Å². The van der Waals surface area contributed by atoms with Crippen molar-refractivity contribution < 1.29 is 9.59 Å². The van der Waals surface area contributed by atoms with Crippen molar-refractivity contribution in [1.82, 2.24) is 20.1 Å². The topological polar surface area (TPSA) is 88.9 Å². The van der Waals surface area contributed by atoms with Gasteiger partial charge in [-0.15, -0.1) is 0 Å². The van der Waals surface area contributed by atoms with Crippen molar-refractivity contribution >= 4 is 28.5 Å². The summed E-state index contributed by atoms with van der Waals surface area (Å²) in [6, 6.07) is 1.39. The minimum absolute atomic E-state index is 0.181. The molecule has 1 atom stereocenters. The fourth-order valence-electron chi connectivity index (χ4n) is 3.50. The van der Waals surface area contributed by atoms with E-state index in [4.69, 9.17) is 0 Å². The maximum absolute atomic E-state index is 12.7. The van der Waals surface area contributed by atoms with E-state index in [1.807, 2.05) is 20.0 Å². The van der Waals surface area contributed by atoms with E-state index in [1.54, 1.807) is 10.9 Å². The van der Waals surface area contributed by atoms with Crippen molar-refractivity contribution in [2.24, 2.45) is 13.0 Å². The number of pyridine rings is 1. The van der Waals surface area contributed by atoms with Gasteiger partial charge in [0.1, 0.15) is 6.04 Å². The zero-order chi connectivity index (χ0) is 17.3. The second-order valence-corrected chi connectivity index (χ2v) is 6.52. The van der Waals surface area contributed by atoms with Gasteiger partial charge < -0.3 is 10.6 Å². The highest BCUT2D eigenvalue weighted by molar-refractivity contribution is 5.98. The van der Waals surface area contributed by atoms with E-state index < -0.39 is 6.04 Å². The molecule has 24 heavy (non-hydrogen) atoms. The molecule has 1 fully saturated rings. The highest BCUT2D eigenvalue weighted by Crippen LogP contribution is 2.28. The molecule has 7 nitrogen and oxygen atoms in total. The van der Waals surface area contributed by atoms with Gasteiger partial charge in [0.25, 0.3) is 0 Å². The molecule has 0 saturated heterocycles. The van der Waals surface area contributed by atoms with Crippen LogP contribution in [0.4, 0.5) is 5.69 Å². The second kappa shape index (κ2) is 6.59. The predicted octanol–water partition coefficient (Wildman–Crippen LogP) is 1.91. The lowest BCUT2D eigenvalue weighted by Gasteiger charge is -2.23. The van der Waals surface area contributed by atoms with Gasteiger partial charge in [-0.1, -0.05) is 12.8 Å². The summed E-state index contributed by atoms with van der Waals surface area (Å²) >= 11 is 0. The molecule has 0 bridgehead atoms. The van der Waals surface area contributed by atoms with Crippen LogP contribution in [-0.4, -0.2) is 32.6 Å². The number of rotatable bonds is 4. The van der Waals surface area contributed by atoms with Gasteiger partial charge in [-0.2, -0.15) is 5.10 Å². The molecule has 2 N–H and O–H groups in total. The predicted molar refractivity (Wildman–Crippen MR) is 91.4 cm³/mol. The number of aryl methyl sites for hydroxylation is 2. The van der Waals surface area contributed by atoms with E-state index >= 15 is 0 Å². The summed E-state index contributed by atoms with van der Waals surface area (Å²) < 4.78 is 1.72. The first-order valence-corrected chi connectivity index (χ1v) is 8.33. The summed E-state index contributed by atoms with van der Waals surface area (Å²) in [6.07, 6.45) is 5.78. The lowest BCUT2D eigenvalue weighted by Crippen LogP contribution is -2.47. The molecule has 2 aromatic rings. The van der Waals surface area contributed by atoms with Crippen LogP contribution in [-0.2, 0) is 16.6 Å². The van der Waals surface area contributed by atoms with Gasteiger partial charge in [-0.3, -0.25) is 14.3 Å². The molecule has 0 aromatic carbocycles. The molecule has 1 aliphatic carbocycles. The Morgan fingerprint density at radius 3 is 2.71 bits per heavy atom. The largest absolute Gasteiger partial charge is 0.344 e. The quantitative estimate of drug-likeness (QED) is 0.897. The third kappa shape index (κ3) is 3.25. The Labute approximate surface area is 140 Å². The van der Waals surface area contributed by atoms with E-state index in [2.05, 4.69) is 20.7 Å². The number of hydrogen-bond donors (Lipinski definition) is 2. The molecule has 3 rings (SSSR count). The molecular formula is C17H23N5O2. The molecule has 1 aliphatic rings. The van der Waals surface area contributed by atoms with Crippen LogP contribution >= 0.6 is 0 Å². The Hall–Kier alpha value is -2.44. The van der Waals surface area contributed by atoms with E-state index in [0.29, 0.717) is 5.69 Å². The van der Waals surface area contributed by atoms with Crippen molar-refractivity contribution in [3.05, 3.63) is 18.0 Å². The first-order chi connectivity index (χ1) is 11.5. The molecule has 2 amide bonds. The first-order valence-electron chi connectivity index (χ1n) is 8.33. The fraction of sp³-hybridized carbons (Fsp3) is 0.529. The second-order valence-electron chi connectivity index (χ2n) is 6.52. The molecule has 0 spiro atoms. The standard InChI is InChI=1S/C17H23N5O2/c1-10-14-8-13(9-18-16(14)22(3)21-10)20-17(24)15(19-11(2)23)12-6-4-5-7-12/h8-9,12,15H,4-7H2,1-3H3,(H,19,23)(H,20,24). The third-order valence-corrected chi connectivity index (χ3v) is 4.64. The van der Waals surface area contributed by atoms with E-state index in [9.17, 15) is 9.59 Å². The molecule has 0 radical (unpaired) electrons. The number of carbonyl (C=O) groups is 2. The average molecular weight is 329 g/mol. The number of amides is 2. The van der Waals surface area contributed by atoms with Crippen molar-refractivity contribution in [2.75, 3.05) is 5.32 Å². The highest BCUT2D eigenvalue weighted by atomic mass is 16.2. The number of nitrogens with one attached hydrogen (secondary N) is 2. The monoisotopic (exact) mass is 329 g/mol. The summed E-state index contributed by atoms with van der Waals surface area (Å²) in [5.74, 6) is -0.163. The average Bonchev–Trinajstić information content (AvgIpc) is 3.14. The summed E-state index contributed by atoms with van der Waals surface area (Å²) in [5, 5.41) is 10.9. The number of hydrogen-bond acceptors (Lipinski definition) is 4. The summed E-state index contributed by atoms with van der Waals surface area (Å²) in [4.78, 5) is 28.5. The Morgan fingerprint density at radius 2 is 2.04 bits per heavy atom. The maximum Gasteiger partial charge on any atom is 0.247 e. The molecule has 2 aromatic heterocycles. The van der Waals surface area contributed by atoms with Crippen LogP contribution in [0.3, 0.4) is 0 Å². The number of anilines is 1. The van der Waals surface area contributed by atoms with Gasteiger partial charge in [-0.25, -0.2) is 4.98 Å². The van der Waals surface area contributed by atoms with E-state index in [1.165, 1.54) is 6.92 Å². The molecule has 1 unspecified atom stereocenters. The SMILES string of the molecule is CC(=O)NC(C(=O)Nc1cnc2c(c1)c(C)nn2C)C1CCCC1. The molecule has 1 saturated carbocycles. The minimum Gasteiger partial charge on any atom is -0.344 e. The zero-order valence-electron chi connectivity index (χ0n) is 14.3. The normalized spacial score (nSPS) is 16.3. The maximum atomic E-state index is 12.7. The number of nitrogens with zero attached hydrogens (tertiary/aromatic N) is 3. The van der Waals surface area contributed by atoms with Gasteiger partial charge >= 0.3 is 0 Å². The van der Waals surface area contributed by atoms with Crippen LogP contribution in [0.2, 0.25) is 0 Å². The van der Waals surface area contributed by atoms with E-state index in [-0.39, 0.29) is 17.7 Å². The van der Waals surface area contributed by atoms with Crippen molar-refractivity contribution in [3.63, 3.8) is 0 Å². The van der Waals surface area contributed by atoms with Gasteiger partial charge in [-0.05, 0) is 31.7 Å². The van der Waals surface area contributed by atoms with Gasteiger partial charge in [0.2, 0.25) is 11.8 Å². The minimum atomic E-state index is -0.490. The molecule has 2 heterocycles. The smallest absolute Gasteiger partial charge is 0.247 e. The molecule has 7 heteroatoms. The fourth-order valence-corrected chi connectivity index (χ4v) is 3.50. The Kier molecular flexibility index (Phi) is 4.51. The number of carbonyl (C=O) groups excluding carboxylic acids is 2. The third-order valence-electron chi connectivity index (χ3n) is 4.64. The number of fused-ring (bicyclic) bond motifs is 1. The van der Waals surface area contributed by atoms with Crippen LogP contribution in [0.5, 0.6) is 0 Å². The van der Waals surface area contributed by atoms with Crippen LogP contribution in [0.15, 0.2) is 12.3 Å². The summed E-state index contributed by atoms with van der Waals surface area (Å²) in [7, 11) is 1.84. The molecular weight excluding hydrogens is 306 g/mol. The molecule has 128 valence electrons. The van der Waals surface area contributed by atoms with Gasteiger partial charge in [0.05, 0.1) is 17.6 Å². The lowest BCUT2D eigenvalue weighted by molar-refractivity contribution is -0.126. The summed E-state index contributed by atoms with van der Waals surface area (Å²) in [5.41, 5.74) is 2.27. The van der Waals surface area contributed by atoms with Crippen LogP contribution < -0.4 is 10.6 Å². The van der Waals surface area contributed by atoms with Crippen LogP contribution in [0.1, 0.15) is 38.3 Å². The summed E-state index contributed by atoms with van der Waals surface area (Å²) in [6.45, 7) is 3.36. The van der Waals surface area contributed by atoms with Gasteiger partial charge in [0.15, 0.2) is 5.65 Å². The van der Waals surface area contributed by atoms with Crippen molar-refractivity contribution in [3.8, 4) is 0 Å². The Bertz CT molecular complexity index is 777. The van der Waals surface area contributed by atoms with E-state index in [0.717, 1.165) is 42.4 Å².